The topological polar surface area (TPSA) is 86.8 Å². The van der Waals surface area contributed by atoms with Crippen LogP contribution in [0.3, 0.4) is 0 Å². The van der Waals surface area contributed by atoms with Crippen LogP contribution in [-0.2, 0) is 14.8 Å². The van der Waals surface area contributed by atoms with E-state index in [1.54, 1.807) is 35.2 Å². The summed E-state index contributed by atoms with van der Waals surface area (Å²) >= 11 is 0. The van der Waals surface area contributed by atoms with Crippen LogP contribution in [0.5, 0.6) is 0 Å². The van der Waals surface area contributed by atoms with Gasteiger partial charge in [0.25, 0.3) is 5.91 Å². The van der Waals surface area contributed by atoms with Crippen molar-refractivity contribution in [2.24, 2.45) is 0 Å². The minimum atomic E-state index is -3.59. The molecule has 1 aliphatic heterocycles. The molecule has 1 heterocycles. The van der Waals surface area contributed by atoms with Crippen LogP contribution in [0, 0.1) is 20.8 Å². The minimum Gasteiger partial charge on any atom is -0.343 e. The summed E-state index contributed by atoms with van der Waals surface area (Å²) in [4.78, 5) is 26.6. The Hall–Kier alpha value is -2.71. The Morgan fingerprint density at radius 1 is 0.900 bits per heavy atom. The van der Waals surface area contributed by atoms with Crippen LogP contribution in [-0.4, -0.2) is 62.2 Å². The van der Waals surface area contributed by atoms with Gasteiger partial charge in [0.05, 0.1) is 11.4 Å². The largest absolute Gasteiger partial charge is 0.343 e. The first kappa shape index (κ1) is 22.0. The number of aryl methyl sites for hydroxylation is 3. The zero-order valence-corrected chi connectivity index (χ0v) is 18.3. The third-order valence-electron chi connectivity index (χ3n) is 5.50. The first-order chi connectivity index (χ1) is 14.2. The average Bonchev–Trinajstić information content (AvgIpc) is 2.74. The predicted molar refractivity (Wildman–Crippen MR) is 115 cm³/mol. The maximum atomic E-state index is 12.9. The smallest absolute Gasteiger partial charge is 0.251 e. The lowest BCUT2D eigenvalue weighted by Crippen LogP contribution is -2.52. The van der Waals surface area contributed by atoms with Crippen molar-refractivity contribution in [3.8, 4) is 0 Å². The lowest BCUT2D eigenvalue weighted by Gasteiger charge is -2.34. The van der Waals surface area contributed by atoms with Gasteiger partial charge in [0.2, 0.25) is 15.9 Å². The van der Waals surface area contributed by atoms with Crippen molar-refractivity contribution in [3.63, 3.8) is 0 Å². The summed E-state index contributed by atoms with van der Waals surface area (Å²) in [6, 6.07) is 12.3. The number of amides is 2. The second kappa shape index (κ2) is 8.97. The summed E-state index contributed by atoms with van der Waals surface area (Å²) in [5, 5.41) is 2.65. The normalized spacial score (nSPS) is 15.1. The summed E-state index contributed by atoms with van der Waals surface area (Å²) in [6.07, 6.45) is 0. The summed E-state index contributed by atoms with van der Waals surface area (Å²) in [5.74, 6) is -0.516. The van der Waals surface area contributed by atoms with E-state index in [9.17, 15) is 18.0 Å². The summed E-state index contributed by atoms with van der Waals surface area (Å²) in [5.41, 5.74) is 3.34. The van der Waals surface area contributed by atoms with Crippen LogP contribution in [0.1, 0.15) is 27.0 Å². The van der Waals surface area contributed by atoms with E-state index in [2.05, 4.69) is 5.32 Å². The van der Waals surface area contributed by atoms with E-state index in [1.807, 2.05) is 32.9 Å². The van der Waals surface area contributed by atoms with E-state index in [4.69, 9.17) is 0 Å². The first-order valence-corrected chi connectivity index (χ1v) is 11.3. The Balaban J connectivity index is 1.55. The monoisotopic (exact) mass is 429 g/mol. The fourth-order valence-corrected chi connectivity index (χ4v) is 4.90. The Kier molecular flexibility index (Phi) is 6.58. The average molecular weight is 430 g/mol. The molecule has 2 aromatic rings. The summed E-state index contributed by atoms with van der Waals surface area (Å²) in [6.45, 7) is 6.60. The van der Waals surface area contributed by atoms with Crippen molar-refractivity contribution < 1.29 is 18.0 Å². The Morgan fingerprint density at radius 2 is 1.57 bits per heavy atom. The standard InChI is InChI=1S/C22H27N3O4S/c1-16-8-9-19(14-18(16)3)30(28,29)25-12-10-24(11-13-25)21(26)15-23-22(27)20-7-5-4-6-17(20)2/h4-9,14H,10-13,15H2,1-3H3,(H,23,27). The third kappa shape index (κ3) is 4.71. The molecule has 0 saturated carbocycles. The van der Waals surface area contributed by atoms with Crippen molar-refractivity contribution in [2.45, 2.75) is 25.7 Å². The number of rotatable bonds is 5. The van der Waals surface area contributed by atoms with Gasteiger partial charge >= 0.3 is 0 Å². The van der Waals surface area contributed by atoms with E-state index in [0.29, 0.717) is 18.7 Å². The predicted octanol–water partition coefficient (Wildman–Crippen LogP) is 1.87. The molecule has 0 aromatic heterocycles. The minimum absolute atomic E-state index is 0.114. The van der Waals surface area contributed by atoms with Gasteiger partial charge in [0.1, 0.15) is 0 Å². The molecule has 7 nitrogen and oxygen atoms in total. The van der Waals surface area contributed by atoms with Crippen molar-refractivity contribution in [2.75, 3.05) is 32.7 Å². The Morgan fingerprint density at radius 3 is 2.20 bits per heavy atom. The van der Waals surface area contributed by atoms with E-state index >= 15 is 0 Å². The molecule has 1 saturated heterocycles. The number of carbonyl (C=O) groups is 2. The number of carbonyl (C=O) groups excluding carboxylic acids is 2. The molecule has 1 N–H and O–H groups in total. The zero-order chi connectivity index (χ0) is 21.9. The van der Waals surface area contributed by atoms with Crippen LogP contribution in [0.4, 0.5) is 0 Å². The molecular weight excluding hydrogens is 402 g/mol. The van der Waals surface area contributed by atoms with Crippen LogP contribution < -0.4 is 5.32 Å². The molecule has 1 aliphatic rings. The van der Waals surface area contributed by atoms with Gasteiger partial charge < -0.3 is 10.2 Å². The molecule has 0 aliphatic carbocycles. The molecule has 2 amide bonds. The SMILES string of the molecule is Cc1ccc(S(=O)(=O)N2CCN(C(=O)CNC(=O)c3ccccc3C)CC2)cc1C. The lowest BCUT2D eigenvalue weighted by molar-refractivity contribution is -0.131. The van der Waals surface area contributed by atoms with Crippen molar-refractivity contribution in [3.05, 3.63) is 64.7 Å². The fourth-order valence-electron chi connectivity index (χ4n) is 3.39. The quantitative estimate of drug-likeness (QED) is 0.786. The van der Waals surface area contributed by atoms with Gasteiger partial charge in [-0.1, -0.05) is 24.3 Å². The molecule has 2 aromatic carbocycles. The molecule has 30 heavy (non-hydrogen) atoms. The number of hydrogen-bond donors (Lipinski definition) is 1. The van der Waals surface area contributed by atoms with Crippen LogP contribution in [0.25, 0.3) is 0 Å². The van der Waals surface area contributed by atoms with Gasteiger partial charge in [0.15, 0.2) is 0 Å². The van der Waals surface area contributed by atoms with E-state index < -0.39 is 10.0 Å². The van der Waals surface area contributed by atoms with Crippen molar-refractivity contribution >= 4 is 21.8 Å². The Bertz CT molecular complexity index is 1060. The molecule has 0 radical (unpaired) electrons. The molecule has 0 atom stereocenters. The molecular formula is C22H27N3O4S. The highest BCUT2D eigenvalue weighted by Gasteiger charge is 2.30. The van der Waals surface area contributed by atoms with Crippen molar-refractivity contribution in [1.82, 2.24) is 14.5 Å². The van der Waals surface area contributed by atoms with E-state index in [-0.39, 0.29) is 36.3 Å². The van der Waals surface area contributed by atoms with Crippen LogP contribution in [0.2, 0.25) is 0 Å². The maximum Gasteiger partial charge on any atom is 0.251 e. The van der Waals surface area contributed by atoms with Gasteiger partial charge in [-0.2, -0.15) is 4.31 Å². The van der Waals surface area contributed by atoms with Gasteiger partial charge in [-0.25, -0.2) is 8.42 Å². The first-order valence-electron chi connectivity index (χ1n) is 9.89. The fraction of sp³-hybridized carbons (Fsp3) is 0.364. The van der Waals surface area contributed by atoms with Gasteiger partial charge in [0, 0.05) is 31.7 Å². The molecule has 8 heteroatoms. The lowest BCUT2D eigenvalue weighted by atomic mass is 10.1. The highest BCUT2D eigenvalue weighted by atomic mass is 32.2. The van der Waals surface area contributed by atoms with Gasteiger partial charge in [-0.3, -0.25) is 9.59 Å². The second-order valence-electron chi connectivity index (χ2n) is 7.53. The van der Waals surface area contributed by atoms with Gasteiger partial charge in [-0.05, 0) is 55.7 Å². The number of nitrogens with zero attached hydrogens (tertiary/aromatic N) is 2. The highest BCUT2D eigenvalue weighted by Crippen LogP contribution is 2.20. The molecule has 0 unspecified atom stereocenters. The van der Waals surface area contributed by atoms with Crippen LogP contribution in [0.15, 0.2) is 47.4 Å². The number of piperazine rings is 1. The van der Waals surface area contributed by atoms with Crippen molar-refractivity contribution in [1.29, 1.82) is 0 Å². The third-order valence-corrected chi connectivity index (χ3v) is 7.39. The number of benzene rings is 2. The second-order valence-corrected chi connectivity index (χ2v) is 9.47. The molecule has 3 rings (SSSR count). The van der Waals surface area contributed by atoms with E-state index in [0.717, 1.165) is 16.7 Å². The van der Waals surface area contributed by atoms with Crippen LogP contribution >= 0.6 is 0 Å². The highest BCUT2D eigenvalue weighted by molar-refractivity contribution is 7.89. The van der Waals surface area contributed by atoms with Gasteiger partial charge in [-0.15, -0.1) is 0 Å². The Labute approximate surface area is 177 Å². The molecule has 160 valence electrons. The molecule has 0 bridgehead atoms. The summed E-state index contributed by atoms with van der Waals surface area (Å²) in [7, 11) is -3.59. The number of nitrogens with one attached hydrogen (secondary N) is 1. The maximum absolute atomic E-state index is 12.9. The zero-order valence-electron chi connectivity index (χ0n) is 17.5. The number of sulfonamides is 1. The molecule has 1 fully saturated rings. The summed E-state index contributed by atoms with van der Waals surface area (Å²) < 4.78 is 27.2. The molecule has 0 spiro atoms. The van der Waals surface area contributed by atoms with E-state index in [1.165, 1.54) is 4.31 Å². The number of hydrogen-bond acceptors (Lipinski definition) is 4.